The number of anilines is 2. The van der Waals surface area contributed by atoms with Gasteiger partial charge in [-0.3, -0.25) is 25.0 Å². The molecule has 140 heavy (non-hydrogen) atoms. The third-order valence-corrected chi connectivity index (χ3v) is 21.9. The third kappa shape index (κ3) is 32.3. The average Bonchev–Trinajstić information content (AvgIpc) is 0.790. The van der Waals surface area contributed by atoms with E-state index >= 15 is 0 Å². The molecule has 0 aliphatic carbocycles. The SMILES string of the molecule is CO[C@@H]1OC(COC(=O)C(C)NC(=O)C(NC(=O)OCc2ccccc2)c2ccccc2)[C@@H](OC)[C@H](OC(=O)c2ccccc2)C1OC(=O)c1ccccc1.CO[C@@H]1OC(COC(=O)C(NC(C)=O)C(C)C)[C@@H](OC)[C@H](OC(=O)c2ccccc2)C1OC(=O)c1ccccc1.CO[C@@H]1OC(COC(=O)C(NC=O)C(C)C)[C@@H](OC)[C@H](OC(=O)Nc2cc(C)cc(C)c2)C1OC(=O)Nc1cc(C)cc(C)c1. The maximum absolute atomic E-state index is 13.5. The number of carbonyl (C=O) groups is 13. The topological polar surface area (TPSA) is 469 Å². The van der Waals surface area contributed by atoms with Gasteiger partial charge in [0.1, 0.15) is 87.2 Å². The van der Waals surface area contributed by atoms with Gasteiger partial charge in [-0.1, -0.05) is 173 Å². The number of methoxy groups -OCH3 is 6. The molecule has 0 spiro atoms. The van der Waals surface area contributed by atoms with E-state index in [0.29, 0.717) is 23.3 Å². The number of alkyl carbamates (subject to hydrolysis) is 1. The Labute approximate surface area is 810 Å². The number of hydrogen-bond acceptors (Lipinski definition) is 32. The van der Waals surface area contributed by atoms with Crippen molar-refractivity contribution < 1.29 is 152 Å². The highest BCUT2D eigenvalue weighted by atomic mass is 16.8. The Bertz CT molecular complexity index is 5340. The van der Waals surface area contributed by atoms with E-state index in [1.54, 1.807) is 216 Å². The Morgan fingerprint density at radius 2 is 0.657 bits per heavy atom. The largest absolute Gasteiger partial charge is 0.461 e. The van der Waals surface area contributed by atoms with Crippen molar-refractivity contribution in [2.24, 2.45) is 11.8 Å². The van der Waals surface area contributed by atoms with Crippen molar-refractivity contribution in [1.82, 2.24) is 21.3 Å². The second-order valence-corrected chi connectivity index (χ2v) is 33.2. The normalized spacial score (nSPS) is 21.5. The number of nitrogens with one attached hydrogen (secondary N) is 6. The van der Waals surface area contributed by atoms with Crippen LogP contribution >= 0.6 is 0 Å². The standard InChI is InChI=1S/C41H42N2O12.C32H43N3O10.C29H35NO10/c1-26(42-36(44)32(28-18-10-5-11-19-28)43-41(48)52-24-27-16-8-4-9-17-27)37(45)51-25-31-33(49-2)34(54-38(46)29-20-12-6-13-21-29)35(40(50-3)53-31)55-39(47)30-22-14-7-15-23-30;1-17(2)25(33-16-36)29(37)42-15-24-26(40-7)27(44-31(38)34-22-11-18(3)9-19(4)12-22)28(30(41-8)43-24)45-32(39)35-23-13-20(5)10-21(6)14-23;1-17(2)22(30-18(3)31)28(34)37-16-21-23(35-4)24(39-26(32)19-12-8-6-9-13-19)25(29(36-5)38-21)40-27(33)20-14-10-7-11-15-20/h4-23,26,31-35,40H,24-25H2,1-3H3,(H,42,44)(H,43,48);9-14,16-17,24-28,30H,15H2,1-8H3,(H,33,36)(H,34,38)(H,35,39);6-15,17,21-25,29H,16H2,1-5H3,(H,30,31)/t26?,31?,32?,33-,34+,35?,40-;24?,25?,26-,27+,28?,30-;21?,22?,23-,24+,25?,29-/m111/s1. The van der Waals surface area contributed by atoms with Crippen molar-refractivity contribution in [3.8, 4) is 0 Å². The monoisotopic (exact) mass is 1940 g/mol. The Morgan fingerprint density at radius 1 is 0.343 bits per heavy atom. The summed E-state index contributed by atoms with van der Waals surface area (Å²) in [6.45, 7) is 16.2. The van der Waals surface area contributed by atoms with Crippen LogP contribution < -0.4 is 31.9 Å². The van der Waals surface area contributed by atoms with Gasteiger partial charge in [0.2, 0.25) is 18.2 Å². The number of ether oxygens (including phenoxy) is 19. The van der Waals surface area contributed by atoms with Gasteiger partial charge in [0.25, 0.3) is 0 Å². The molecule has 0 saturated carbocycles. The molecule has 3 aliphatic heterocycles. The first-order chi connectivity index (χ1) is 67.2. The van der Waals surface area contributed by atoms with Crippen LogP contribution in [0.1, 0.15) is 122 Å². The molecule has 3 saturated heterocycles. The molecule has 3 aliphatic rings. The zero-order chi connectivity index (χ0) is 102. The first-order valence-corrected chi connectivity index (χ1v) is 44.8. The van der Waals surface area contributed by atoms with Gasteiger partial charge < -0.3 is 111 Å². The molecule has 19 atom stereocenters. The van der Waals surface area contributed by atoms with Crippen LogP contribution in [-0.4, -0.2) is 251 Å². The van der Waals surface area contributed by atoms with Crippen LogP contribution in [0.3, 0.4) is 0 Å². The highest BCUT2D eigenvalue weighted by Crippen LogP contribution is 2.35. The number of rotatable bonds is 38. The van der Waals surface area contributed by atoms with Crippen molar-refractivity contribution in [1.29, 1.82) is 0 Å². The maximum atomic E-state index is 13.5. The molecule has 3 heterocycles. The van der Waals surface area contributed by atoms with E-state index in [1.807, 2.05) is 58.0 Å². The molecule has 8 aromatic carbocycles. The predicted octanol–water partition coefficient (Wildman–Crippen LogP) is 11.2. The summed E-state index contributed by atoms with van der Waals surface area (Å²) in [6.07, 6.45) is -19.8. The van der Waals surface area contributed by atoms with E-state index in [0.717, 1.165) is 27.8 Å². The molecule has 0 radical (unpaired) electrons. The highest BCUT2D eigenvalue weighted by Gasteiger charge is 2.55. The summed E-state index contributed by atoms with van der Waals surface area (Å²) in [4.78, 5) is 167. The summed E-state index contributed by atoms with van der Waals surface area (Å²) >= 11 is 0. The number of benzene rings is 8. The van der Waals surface area contributed by atoms with Crippen LogP contribution in [0.5, 0.6) is 0 Å². The molecule has 6 amide bonds. The third-order valence-electron chi connectivity index (χ3n) is 21.9. The summed E-state index contributed by atoms with van der Waals surface area (Å²) in [7, 11) is 8.03. The van der Waals surface area contributed by atoms with Gasteiger partial charge in [-0.25, -0.2) is 47.9 Å². The summed E-state index contributed by atoms with van der Waals surface area (Å²) in [5.41, 5.74) is 6.94. The smallest absolute Gasteiger partial charge is 0.412 e. The number of amides is 6. The number of hydrogen-bond donors (Lipinski definition) is 6. The molecule has 38 nitrogen and oxygen atoms in total. The van der Waals surface area contributed by atoms with Crippen molar-refractivity contribution in [2.45, 2.75) is 192 Å². The van der Waals surface area contributed by atoms with E-state index in [-0.39, 0.29) is 59.8 Å². The van der Waals surface area contributed by atoms with E-state index in [1.165, 1.54) is 56.5 Å². The number of esters is 7. The lowest BCUT2D eigenvalue weighted by atomic mass is 9.98. The van der Waals surface area contributed by atoms with E-state index < -0.39 is 189 Å². The number of carbonyl (C=O) groups excluding carboxylic acids is 13. The fourth-order valence-corrected chi connectivity index (χ4v) is 15.2. The Hall–Kier alpha value is -14.1. The lowest BCUT2D eigenvalue weighted by Crippen LogP contribution is -2.62. The van der Waals surface area contributed by atoms with Crippen LogP contribution in [0.4, 0.5) is 25.8 Å². The fourth-order valence-electron chi connectivity index (χ4n) is 15.2. The second kappa shape index (κ2) is 54.9. The van der Waals surface area contributed by atoms with Gasteiger partial charge >= 0.3 is 60.1 Å². The molecule has 8 aromatic rings. The van der Waals surface area contributed by atoms with E-state index in [9.17, 15) is 62.3 Å². The van der Waals surface area contributed by atoms with Gasteiger partial charge in [0, 0.05) is 61.0 Å². The van der Waals surface area contributed by atoms with Crippen molar-refractivity contribution >= 4 is 89.7 Å². The minimum Gasteiger partial charge on any atom is -0.461 e. The van der Waals surface area contributed by atoms with Crippen LogP contribution in [0.15, 0.2) is 218 Å². The zero-order valence-corrected chi connectivity index (χ0v) is 80.4. The van der Waals surface area contributed by atoms with Gasteiger partial charge in [0.15, 0.2) is 55.5 Å². The summed E-state index contributed by atoms with van der Waals surface area (Å²) in [5, 5.41) is 15.5. The quantitative estimate of drug-likeness (QED) is 0.0119. The Morgan fingerprint density at radius 3 is 0.993 bits per heavy atom. The fraction of sp³-hybridized carbons (Fsp3) is 0.402. The van der Waals surface area contributed by atoms with Gasteiger partial charge in [-0.15, -0.1) is 0 Å². The molecule has 0 bridgehead atoms. The Kier molecular flexibility index (Phi) is 43.0. The minimum absolute atomic E-state index is 0.0172. The Balaban J connectivity index is 0.000000238. The molecular weight excluding hydrogens is 1820 g/mol. The van der Waals surface area contributed by atoms with Crippen molar-refractivity contribution in [2.75, 3.05) is 73.1 Å². The lowest BCUT2D eigenvalue weighted by molar-refractivity contribution is -0.297. The molecule has 38 heteroatoms. The minimum atomic E-state index is -1.30. The predicted molar refractivity (Wildman–Crippen MR) is 501 cm³/mol. The highest BCUT2D eigenvalue weighted by molar-refractivity contribution is 5.93. The molecule has 10 unspecified atom stereocenters. The molecule has 6 N–H and O–H groups in total. The van der Waals surface area contributed by atoms with Gasteiger partial charge in [-0.2, -0.15) is 0 Å². The van der Waals surface area contributed by atoms with Crippen LogP contribution in [0.25, 0.3) is 0 Å². The van der Waals surface area contributed by atoms with Crippen molar-refractivity contribution in [3.05, 3.63) is 274 Å². The molecule has 750 valence electrons. The first-order valence-electron chi connectivity index (χ1n) is 44.8. The summed E-state index contributed by atoms with van der Waals surface area (Å²) in [5.74, 6) is -6.63. The maximum Gasteiger partial charge on any atom is 0.412 e. The van der Waals surface area contributed by atoms with Gasteiger partial charge in [0.05, 0.1) is 22.3 Å². The van der Waals surface area contributed by atoms with E-state index in [2.05, 4.69) is 31.9 Å². The molecule has 11 rings (SSSR count). The van der Waals surface area contributed by atoms with Crippen LogP contribution in [0, 0.1) is 39.5 Å². The molecule has 0 aromatic heterocycles. The lowest BCUT2D eigenvalue weighted by Gasteiger charge is -2.44. The van der Waals surface area contributed by atoms with Crippen LogP contribution in [-0.2, 0) is 125 Å². The second-order valence-electron chi connectivity index (χ2n) is 33.2. The summed E-state index contributed by atoms with van der Waals surface area (Å²) in [6, 6.07) is 57.2. The zero-order valence-electron chi connectivity index (χ0n) is 80.4. The average molecular weight is 1940 g/mol. The summed E-state index contributed by atoms with van der Waals surface area (Å²) < 4.78 is 108. The first kappa shape index (κ1) is 110. The molecular formula is C102H120N6O32. The molecule has 3 fully saturated rings. The van der Waals surface area contributed by atoms with Gasteiger partial charge in [-0.05, 0) is 153 Å². The van der Waals surface area contributed by atoms with Crippen molar-refractivity contribution in [3.63, 3.8) is 0 Å². The van der Waals surface area contributed by atoms with E-state index in [4.69, 9.17) is 90.0 Å². The van der Waals surface area contributed by atoms with Crippen LogP contribution in [0.2, 0.25) is 0 Å². The number of aryl methyl sites for hydroxylation is 4.